The van der Waals surface area contributed by atoms with Gasteiger partial charge in [-0.1, -0.05) is 53.9 Å². The molecule has 4 unspecified atom stereocenters. The minimum atomic E-state index is -0.663. The van der Waals surface area contributed by atoms with E-state index in [9.17, 15) is 4.79 Å². The predicted octanol–water partition coefficient (Wildman–Crippen LogP) is 4.59. The highest BCUT2D eigenvalue weighted by atomic mass is 16.4. The van der Waals surface area contributed by atoms with Gasteiger partial charge in [-0.3, -0.25) is 4.79 Å². The third-order valence-electron chi connectivity index (χ3n) is 4.26. The van der Waals surface area contributed by atoms with Crippen molar-refractivity contribution in [2.24, 2.45) is 23.7 Å². The fraction of sp³-hybridized carbons (Fsp3) is 0.933. The Morgan fingerprint density at radius 1 is 0.941 bits per heavy atom. The van der Waals surface area contributed by atoms with Gasteiger partial charge in [-0.2, -0.15) is 0 Å². The monoisotopic (exact) mass is 242 g/mol. The van der Waals surface area contributed by atoms with Gasteiger partial charge in [0, 0.05) is 0 Å². The molecule has 0 bridgehead atoms. The molecule has 102 valence electrons. The molecule has 0 heterocycles. The molecule has 0 saturated heterocycles. The summed E-state index contributed by atoms with van der Waals surface area (Å²) in [6.45, 7) is 10.9. The lowest BCUT2D eigenvalue weighted by Crippen LogP contribution is -2.14. The molecule has 0 aliphatic heterocycles. The summed E-state index contributed by atoms with van der Waals surface area (Å²) in [7, 11) is 0. The molecule has 2 heteroatoms. The molecule has 0 aromatic rings. The second-order valence-corrected chi connectivity index (χ2v) is 5.86. The Morgan fingerprint density at radius 2 is 1.41 bits per heavy atom. The molecular weight excluding hydrogens is 212 g/mol. The lowest BCUT2D eigenvalue weighted by atomic mass is 9.84. The van der Waals surface area contributed by atoms with E-state index in [-0.39, 0.29) is 5.92 Å². The highest BCUT2D eigenvalue weighted by molar-refractivity contribution is 5.69. The van der Waals surface area contributed by atoms with Gasteiger partial charge in [0.2, 0.25) is 0 Å². The zero-order valence-electron chi connectivity index (χ0n) is 12.2. The largest absolute Gasteiger partial charge is 0.481 e. The summed E-state index contributed by atoms with van der Waals surface area (Å²) in [5.74, 6) is 1.32. The van der Waals surface area contributed by atoms with Gasteiger partial charge in [-0.05, 0) is 30.6 Å². The summed E-state index contributed by atoms with van der Waals surface area (Å²) in [4.78, 5) is 10.7. The van der Waals surface area contributed by atoms with Crippen LogP contribution < -0.4 is 0 Å². The van der Waals surface area contributed by atoms with Gasteiger partial charge in [0.1, 0.15) is 0 Å². The number of carboxylic acids is 1. The van der Waals surface area contributed by atoms with E-state index in [1.54, 1.807) is 6.92 Å². The third kappa shape index (κ3) is 7.40. The van der Waals surface area contributed by atoms with Crippen LogP contribution in [0.1, 0.15) is 66.7 Å². The summed E-state index contributed by atoms with van der Waals surface area (Å²) in [6, 6.07) is 0. The van der Waals surface area contributed by atoms with E-state index in [1.807, 2.05) is 0 Å². The van der Waals surface area contributed by atoms with E-state index in [0.717, 1.165) is 18.8 Å². The first-order valence-corrected chi connectivity index (χ1v) is 7.11. The van der Waals surface area contributed by atoms with E-state index in [4.69, 9.17) is 5.11 Å². The first-order chi connectivity index (χ1) is 7.88. The van der Waals surface area contributed by atoms with E-state index in [0.29, 0.717) is 11.8 Å². The van der Waals surface area contributed by atoms with Crippen molar-refractivity contribution in [3.63, 3.8) is 0 Å². The number of carbonyl (C=O) groups is 1. The van der Waals surface area contributed by atoms with E-state index < -0.39 is 5.97 Å². The van der Waals surface area contributed by atoms with E-state index >= 15 is 0 Å². The number of hydrogen-bond donors (Lipinski definition) is 1. The molecule has 0 aromatic carbocycles. The molecule has 17 heavy (non-hydrogen) atoms. The van der Waals surface area contributed by atoms with Crippen LogP contribution in [0.25, 0.3) is 0 Å². The van der Waals surface area contributed by atoms with Crippen LogP contribution in [0.3, 0.4) is 0 Å². The highest BCUT2D eigenvalue weighted by Crippen LogP contribution is 2.25. The maximum Gasteiger partial charge on any atom is 0.306 e. The maximum atomic E-state index is 10.7. The second-order valence-electron chi connectivity index (χ2n) is 5.86. The number of carboxylic acid groups (broad SMARTS) is 1. The van der Waals surface area contributed by atoms with Gasteiger partial charge in [-0.25, -0.2) is 0 Å². The topological polar surface area (TPSA) is 37.3 Å². The number of hydrogen-bond acceptors (Lipinski definition) is 1. The van der Waals surface area contributed by atoms with Gasteiger partial charge < -0.3 is 5.11 Å². The Labute approximate surface area is 107 Å². The van der Waals surface area contributed by atoms with Crippen LogP contribution in [0.15, 0.2) is 0 Å². The third-order valence-corrected chi connectivity index (χ3v) is 4.26. The molecule has 0 radical (unpaired) electrons. The normalized spacial score (nSPS) is 18.4. The Hall–Kier alpha value is -0.530. The van der Waals surface area contributed by atoms with Crippen LogP contribution in [0, 0.1) is 23.7 Å². The molecular formula is C15H30O2. The predicted molar refractivity (Wildman–Crippen MR) is 73.1 cm³/mol. The van der Waals surface area contributed by atoms with Gasteiger partial charge in [0.15, 0.2) is 0 Å². The molecule has 1 N–H and O–H groups in total. The summed E-state index contributed by atoms with van der Waals surface area (Å²) < 4.78 is 0. The molecule has 4 atom stereocenters. The van der Waals surface area contributed by atoms with Gasteiger partial charge in [-0.15, -0.1) is 0 Å². The summed E-state index contributed by atoms with van der Waals surface area (Å²) in [6.07, 6.45) is 5.69. The van der Waals surface area contributed by atoms with E-state index in [1.165, 1.54) is 19.3 Å². The fourth-order valence-electron chi connectivity index (χ4n) is 1.96. The van der Waals surface area contributed by atoms with Crippen molar-refractivity contribution in [2.75, 3.05) is 0 Å². The molecule has 0 amide bonds. The van der Waals surface area contributed by atoms with Crippen molar-refractivity contribution in [1.29, 1.82) is 0 Å². The Morgan fingerprint density at radius 3 is 1.82 bits per heavy atom. The van der Waals surface area contributed by atoms with Gasteiger partial charge in [0.05, 0.1) is 5.92 Å². The van der Waals surface area contributed by atoms with Crippen LogP contribution in [-0.2, 0) is 4.79 Å². The smallest absolute Gasteiger partial charge is 0.306 e. The van der Waals surface area contributed by atoms with Gasteiger partial charge >= 0.3 is 5.97 Å². The fourth-order valence-corrected chi connectivity index (χ4v) is 1.96. The standard InChI is InChI=1S/C15H30O2/c1-6-11(2)7-8-12(3)13(4)9-10-14(5)15(16)17/h11-14H,6-10H2,1-5H3,(H,16,17). The van der Waals surface area contributed by atoms with Crippen molar-refractivity contribution in [1.82, 2.24) is 0 Å². The highest BCUT2D eigenvalue weighted by Gasteiger charge is 2.17. The Kier molecular flexibility index (Phi) is 8.28. The molecule has 0 aliphatic rings. The molecule has 0 rings (SSSR count). The average molecular weight is 242 g/mol. The van der Waals surface area contributed by atoms with Crippen molar-refractivity contribution in [3.05, 3.63) is 0 Å². The van der Waals surface area contributed by atoms with E-state index in [2.05, 4.69) is 27.7 Å². The van der Waals surface area contributed by atoms with Crippen molar-refractivity contribution < 1.29 is 9.90 Å². The maximum absolute atomic E-state index is 10.7. The molecule has 0 aromatic heterocycles. The molecule has 2 nitrogen and oxygen atoms in total. The second kappa shape index (κ2) is 8.54. The summed E-state index contributed by atoms with van der Waals surface area (Å²) in [5, 5.41) is 8.84. The average Bonchev–Trinajstić information content (AvgIpc) is 2.31. The summed E-state index contributed by atoms with van der Waals surface area (Å²) in [5.41, 5.74) is 0. The lowest BCUT2D eigenvalue weighted by Gasteiger charge is -2.22. The zero-order valence-corrected chi connectivity index (χ0v) is 12.2. The SMILES string of the molecule is CCC(C)CCC(C)C(C)CCC(C)C(=O)O. The lowest BCUT2D eigenvalue weighted by molar-refractivity contribution is -0.141. The minimum absolute atomic E-state index is 0.195. The molecule has 0 aliphatic carbocycles. The van der Waals surface area contributed by atoms with Crippen LogP contribution in [0.2, 0.25) is 0 Å². The van der Waals surface area contributed by atoms with Crippen molar-refractivity contribution >= 4 is 5.97 Å². The van der Waals surface area contributed by atoms with Crippen LogP contribution in [0.5, 0.6) is 0 Å². The number of rotatable bonds is 9. The first kappa shape index (κ1) is 16.5. The molecule has 0 spiro atoms. The Balaban J connectivity index is 3.81. The Bertz CT molecular complexity index is 213. The van der Waals surface area contributed by atoms with Crippen LogP contribution in [0.4, 0.5) is 0 Å². The molecule has 0 saturated carbocycles. The van der Waals surface area contributed by atoms with Crippen LogP contribution in [-0.4, -0.2) is 11.1 Å². The minimum Gasteiger partial charge on any atom is -0.481 e. The van der Waals surface area contributed by atoms with Crippen molar-refractivity contribution in [2.45, 2.75) is 66.7 Å². The van der Waals surface area contributed by atoms with Crippen molar-refractivity contribution in [3.8, 4) is 0 Å². The zero-order chi connectivity index (χ0) is 13.4. The summed E-state index contributed by atoms with van der Waals surface area (Å²) >= 11 is 0. The quantitative estimate of drug-likeness (QED) is 0.642. The first-order valence-electron chi connectivity index (χ1n) is 7.11. The molecule has 0 fully saturated rings. The van der Waals surface area contributed by atoms with Crippen LogP contribution >= 0.6 is 0 Å². The van der Waals surface area contributed by atoms with Gasteiger partial charge in [0.25, 0.3) is 0 Å². The number of aliphatic carboxylic acids is 1.